The molecule has 7 heteroatoms. The third-order valence-corrected chi connectivity index (χ3v) is 5.63. The second-order valence-electron chi connectivity index (χ2n) is 7.55. The van der Waals surface area contributed by atoms with Crippen LogP contribution in [0.1, 0.15) is 16.8 Å². The minimum Gasteiger partial charge on any atom is -0.283 e. The number of hydrogen-bond donors (Lipinski definition) is 0. The molecule has 150 valence electrons. The van der Waals surface area contributed by atoms with Crippen molar-refractivity contribution in [1.29, 1.82) is 0 Å². The third-order valence-electron chi connectivity index (χ3n) is 5.63. The van der Waals surface area contributed by atoms with Gasteiger partial charge in [-0.3, -0.25) is 22.9 Å². The molecule has 3 heterocycles. The van der Waals surface area contributed by atoms with Gasteiger partial charge in [-0.1, -0.05) is 42.5 Å². The van der Waals surface area contributed by atoms with Gasteiger partial charge >= 0.3 is 5.69 Å². The molecule has 0 atom stereocenters. The second kappa shape index (κ2) is 6.59. The minimum absolute atomic E-state index is 0.222. The number of aromatic nitrogens is 5. The van der Waals surface area contributed by atoms with Crippen LogP contribution in [0.15, 0.2) is 70.4 Å². The zero-order valence-electron chi connectivity index (χ0n) is 17.0. The van der Waals surface area contributed by atoms with Gasteiger partial charge in [-0.25, -0.2) is 4.79 Å². The standard InChI is InChI=1S/C23H21N5O2/c1-15-9-7-8-10-17(15)14-27-21(29)19-20(25(3)23(27)30)24-22-26(19)13-16(2)28(22)18-11-5-4-6-12-18/h4-13H,14H2,1-3H3. The highest BCUT2D eigenvalue weighted by Crippen LogP contribution is 2.20. The van der Waals surface area contributed by atoms with Crippen molar-refractivity contribution in [2.24, 2.45) is 7.05 Å². The van der Waals surface area contributed by atoms with Crippen molar-refractivity contribution >= 4 is 16.9 Å². The van der Waals surface area contributed by atoms with E-state index in [1.54, 1.807) is 11.4 Å². The van der Waals surface area contributed by atoms with Crippen LogP contribution >= 0.6 is 0 Å². The van der Waals surface area contributed by atoms with Crippen LogP contribution in [-0.2, 0) is 13.6 Å². The minimum atomic E-state index is -0.375. The molecule has 0 bridgehead atoms. The Hall–Kier alpha value is -3.87. The third kappa shape index (κ3) is 2.55. The maximum atomic E-state index is 13.4. The van der Waals surface area contributed by atoms with E-state index >= 15 is 0 Å². The SMILES string of the molecule is Cc1ccccc1Cn1c(=O)c2c(nc3n(-c4ccccc4)c(C)cn23)n(C)c1=O. The number of para-hydroxylation sites is 1. The van der Waals surface area contributed by atoms with Crippen molar-refractivity contribution in [2.45, 2.75) is 20.4 Å². The van der Waals surface area contributed by atoms with Crippen molar-refractivity contribution in [3.05, 3.63) is 98.5 Å². The van der Waals surface area contributed by atoms with Crippen molar-refractivity contribution in [2.75, 3.05) is 0 Å². The molecule has 0 aliphatic carbocycles. The van der Waals surface area contributed by atoms with E-state index in [9.17, 15) is 9.59 Å². The number of fused-ring (bicyclic) bond motifs is 3. The van der Waals surface area contributed by atoms with Gasteiger partial charge < -0.3 is 0 Å². The fraction of sp³-hybridized carbons (Fsp3) is 0.174. The van der Waals surface area contributed by atoms with E-state index in [2.05, 4.69) is 4.98 Å². The number of aryl methyl sites for hydroxylation is 3. The summed E-state index contributed by atoms with van der Waals surface area (Å²) in [4.78, 5) is 31.1. The molecule has 0 saturated heterocycles. The van der Waals surface area contributed by atoms with Crippen molar-refractivity contribution in [3.8, 4) is 5.69 Å². The summed E-state index contributed by atoms with van der Waals surface area (Å²) in [6.45, 7) is 4.17. The smallest absolute Gasteiger partial charge is 0.283 e. The van der Waals surface area contributed by atoms with E-state index in [4.69, 9.17) is 0 Å². The first-order valence-corrected chi connectivity index (χ1v) is 9.77. The molecule has 0 fully saturated rings. The van der Waals surface area contributed by atoms with Gasteiger partial charge in [0.1, 0.15) is 0 Å². The zero-order valence-corrected chi connectivity index (χ0v) is 17.0. The summed E-state index contributed by atoms with van der Waals surface area (Å²) in [6.07, 6.45) is 1.89. The van der Waals surface area contributed by atoms with Crippen LogP contribution in [0.25, 0.3) is 22.6 Å². The summed E-state index contributed by atoms with van der Waals surface area (Å²) in [5.74, 6) is 0.606. The zero-order chi connectivity index (χ0) is 21.0. The summed E-state index contributed by atoms with van der Waals surface area (Å²) in [5, 5.41) is 0. The van der Waals surface area contributed by atoms with Crippen LogP contribution < -0.4 is 11.2 Å². The van der Waals surface area contributed by atoms with Crippen LogP contribution in [0.3, 0.4) is 0 Å². The molecular weight excluding hydrogens is 378 g/mol. The lowest BCUT2D eigenvalue weighted by atomic mass is 10.1. The van der Waals surface area contributed by atoms with Gasteiger partial charge in [-0.2, -0.15) is 4.98 Å². The molecule has 0 amide bonds. The highest BCUT2D eigenvalue weighted by Gasteiger charge is 2.21. The largest absolute Gasteiger partial charge is 0.332 e. The summed E-state index contributed by atoms with van der Waals surface area (Å²) in [7, 11) is 1.66. The first kappa shape index (κ1) is 18.2. The molecule has 5 aromatic rings. The number of imidazole rings is 2. The van der Waals surface area contributed by atoms with Gasteiger partial charge in [0.05, 0.1) is 6.54 Å². The Morgan fingerprint density at radius 1 is 0.933 bits per heavy atom. The van der Waals surface area contributed by atoms with E-state index in [0.717, 1.165) is 22.5 Å². The average molecular weight is 399 g/mol. The van der Waals surface area contributed by atoms with Crippen molar-refractivity contribution in [3.63, 3.8) is 0 Å². The van der Waals surface area contributed by atoms with Gasteiger partial charge in [0.25, 0.3) is 5.56 Å². The van der Waals surface area contributed by atoms with Gasteiger partial charge in [-0.15, -0.1) is 0 Å². The van der Waals surface area contributed by atoms with Crippen molar-refractivity contribution in [1.82, 2.24) is 23.1 Å². The van der Waals surface area contributed by atoms with Crippen LogP contribution in [0.2, 0.25) is 0 Å². The molecular formula is C23H21N5O2. The van der Waals surface area contributed by atoms with Gasteiger partial charge in [0.2, 0.25) is 5.78 Å². The second-order valence-corrected chi connectivity index (χ2v) is 7.55. The Morgan fingerprint density at radius 3 is 2.37 bits per heavy atom. The quantitative estimate of drug-likeness (QED) is 0.469. The molecule has 0 radical (unpaired) electrons. The fourth-order valence-corrected chi connectivity index (χ4v) is 4.00. The molecule has 5 rings (SSSR count). The summed E-state index contributed by atoms with van der Waals surface area (Å²) in [6, 6.07) is 17.6. The molecule has 0 aliphatic heterocycles. The van der Waals surface area contributed by atoms with Gasteiger partial charge in [0.15, 0.2) is 11.2 Å². The predicted molar refractivity (Wildman–Crippen MR) is 117 cm³/mol. The highest BCUT2D eigenvalue weighted by atomic mass is 16.2. The Bertz CT molecular complexity index is 1530. The molecule has 3 aromatic heterocycles. The molecule has 30 heavy (non-hydrogen) atoms. The lowest BCUT2D eigenvalue weighted by molar-refractivity contribution is 0.654. The lowest BCUT2D eigenvalue weighted by Gasteiger charge is -2.10. The number of benzene rings is 2. The Kier molecular flexibility index (Phi) is 3.99. The van der Waals surface area contributed by atoms with E-state index in [1.807, 2.05) is 79.2 Å². The average Bonchev–Trinajstić information content (AvgIpc) is 3.26. The molecule has 0 saturated carbocycles. The van der Waals surface area contributed by atoms with E-state index in [0.29, 0.717) is 16.9 Å². The molecule has 2 aromatic carbocycles. The predicted octanol–water partition coefficient (Wildman–Crippen LogP) is 2.80. The molecule has 7 nitrogen and oxygen atoms in total. The van der Waals surface area contributed by atoms with Crippen molar-refractivity contribution < 1.29 is 0 Å². The monoisotopic (exact) mass is 399 g/mol. The Labute approximate surface area is 172 Å². The van der Waals surface area contributed by atoms with Crippen LogP contribution in [-0.4, -0.2) is 23.1 Å². The van der Waals surface area contributed by atoms with E-state index in [-0.39, 0.29) is 17.8 Å². The summed E-state index contributed by atoms with van der Waals surface area (Å²) >= 11 is 0. The fourth-order valence-electron chi connectivity index (χ4n) is 4.00. The first-order valence-electron chi connectivity index (χ1n) is 9.77. The number of nitrogens with zero attached hydrogens (tertiary/aromatic N) is 5. The molecule has 0 spiro atoms. The van der Waals surface area contributed by atoms with Gasteiger partial charge in [0, 0.05) is 24.6 Å². The van der Waals surface area contributed by atoms with E-state index < -0.39 is 0 Å². The maximum Gasteiger partial charge on any atom is 0.332 e. The number of hydrogen-bond acceptors (Lipinski definition) is 3. The molecule has 0 N–H and O–H groups in total. The van der Waals surface area contributed by atoms with Crippen LogP contribution in [0.5, 0.6) is 0 Å². The first-order chi connectivity index (χ1) is 14.5. The summed E-state index contributed by atoms with van der Waals surface area (Å²) < 4.78 is 6.50. The lowest BCUT2D eigenvalue weighted by Crippen LogP contribution is -2.39. The van der Waals surface area contributed by atoms with Crippen LogP contribution in [0, 0.1) is 13.8 Å². The Balaban J connectivity index is 1.82. The summed E-state index contributed by atoms with van der Waals surface area (Å²) in [5.41, 5.74) is 3.94. The van der Waals surface area contributed by atoms with Gasteiger partial charge in [-0.05, 0) is 37.1 Å². The normalized spacial score (nSPS) is 11.6. The maximum absolute atomic E-state index is 13.4. The molecule has 0 aliphatic rings. The van der Waals surface area contributed by atoms with E-state index in [1.165, 1.54) is 9.13 Å². The Morgan fingerprint density at radius 2 is 1.63 bits per heavy atom. The molecule has 0 unspecified atom stereocenters. The highest BCUT2D eigenvalue weighted by molar-refractivity contribution is 5.76. The van der Waals surface area contributed by atoms with Crippen LogP contribution in [0.4, 0.5) is 0 Å². The number of rotatable bonds is 3. The topological polar surface area (TPSA) is 66.2 Å².